The van der Waals surface area contributed by atoms with Gasteiger partial charge in [-0.2, -0.15) is 0 Å². The van der Waals surface area contributed by atoms with Crippen LogP contribution in [0.3, 0.4) is 0 Å². The van der Waals surface area contributed by atoms with Gasteiger partial charge in [-0.15, -0.1) is 0 Å². The Kier molecular flexibility index (Phi) is 6.19. The standard InChI is InChI=1S/C19H29NO3/c1-19(2,22)10-9-15-6-4-8-17(12-15)18(21)20-11-5-7-16(13-20)14-23-3/h4,6,8,12,16,22H,5,7,9-11,13-14H2,1-3H3. The summed E-state index contributed by atoms with van der Waals surface area (Å²) in [6.45, 7) is 5.94. The van der Waals surface area contributed by atoms with Crippen LogP contribution in [-0.4, -0.2) is 48.3 Å². The first-order valence-electron chi connectivity index (χ1n) is 8.48. The van der Waals surface area contributed by atoms with Crippen molar-refractivity contribution < 1.29 is 14.6 Å². The van der Waals surface area contributed by atoms with Crippen molar-refractivity contribution in [1.82, 2.24) is 4.90 Å². The Hall–Kier alpha value is -1.39. The molecule has 0 saturated carbocycles. The maximum absolute atomic E-state index is 12.7. The maximum Gasteiger partial charge on any atom is 0.253 e. The van der Waals surface area contributed by atoms with Crippen molar-refractivity contribution in [1.29, 1.82) is 0 Å². The summed E-state index contributed by atoms with van der Waals surface area (Å²) in [6.07, 6.45) is 3.63. The fraction of sp³-hybridized carbons (Fsp3) is 0.632. The molecule has 1 aromatic carbocycles. The van der Waals surface area contributed by atoms with Crippen LogP contribution in [0.2, 0.25) is 0 Å². The van der Waals surface area contributed by atoms with Crippen molar-refractivity contribution in [3.63, 3.8) is 0 Å². The largest absolute Gasteiger partial charge is 0.390 e. The van der Waals surface area contributed by atoms with Gasteiger partial charge in [0, 0.05) is 25.8 Å². The zero-order valence-electron chi connectivity index (χ0n) is 14.5. The molecular formula is C19H29NO3. The number of hydrogen-bond acceptors (Lipinski definition) is 3. The monoisotopic (exact) mass is 319 g/mol. The van der Waals surface area contributed by atoms with Crippen LogP contribution in [0.5, 0.6) is 0 Å². The van der Waals surface area contributed by atoms with Crippen molar-refractivity contribution in [3.8, 4) is 0 Å². The van der Waals surface area contributed by atoms with Crippen LogP contribution in [0.25, 0.3) is 0 Å². The van der Waals surface area contributed by atoms with Crippen molar-refractivity contribution in [2.45, 2.75) is 45.1 Å². The number of likely N-dealkylation sites (tertiary alicyclic amines) is 1. The number of aryl methyl sites for hydroxylation is 1. The Morgan fingerprint density at radius 3 is 2.91 bits per heavy atom. The first-order chi connectivity index (χ1) is 10.9. The van der Waals surface area contributed by atoms with E-state index in [9.17, 15) is 9.90 Å². The molecule has 0 radical (unpaired) electrons. The van der Waals surface area contributed by atoms with E-state index in [0.29, 0.717) is 12.3 Å². The minimum Gasteiger partial charge on any atom is -0.390 e. The molecule has 128 valence electrons. The summed E-state index contributed by atoms with van der Waals surface area (Å²) in [4.78, 5) is 14.7. The lowest BCUT2D eigenvalue weighted by atomic mass is 9.96. The van der Waals surface area contributed by atoms with Gasteiger partial charge in [-0.3, -0.25) is 4.79 Å². The fourth-order valence-corrected chi connectivity index (χ4v) is 3.11. The Bertz CT molecular complexity index is 520. The van der Waals surface area contributed by atoms with Crippen LogP contribution >= 0.6 is 0 Å². The van der Waals surface area contributed by atoms with Gasteiger partial charge in [0.1, 0.15) is 0 Å². The van der Waals surface area contributed by atoms with E-state index in [-0.39, 0.29) is 5.91 Å². The number of nitrogens with zero attached hydrogens (tertiary/aromatic N) is 1. The van der Waals surface area contributed by atoms with Crippen molar-refractivity contribution in [2.24, 2.45) is 5.92 Å². The third kappa shape index (κ3) is 5.63. The molecule has 1 heterocycles. The lowest BCUT2D eigenvalue weighted by Crippen LogP contribution is -2.41. The van der Waals surface area contributed by atoms with Gasteiger partial charge in [0.05, 0.1) is 12.2 Å². The van der Waals surface area contributed by atoms with Gasteiger partial charge in [0.15, 0.2) is 0 Å². The number of piperidine rings is 1. The Morgan fingerprint density at radius 2 is 2.22 bits per heavy atom. The van der Waals surface area contributed by atoms with Gasteiger partial charge in [-0.25, -0.2) is 0 Å². The molecule has 4 heteroatoms. The quantitative estimate of drug-likeness (QED) is 0.877. The minimum atomic E-state index is -0.680. The predicted molar refractivity (Wildman–Crippen MR) is 91.6 cm³/mol. The number of carbonyl (C=O) groups excluding carboxylic acids is 1. The average molecular weight is 319 g/mol. The van der Waals surface area contributed by atoms with Crippen LogP contribution < -0.4 is 0 Å². The molecule has 0 bridgehead atoms. The number of benzene rings is 1. The third-order valence-corrected chi connectivity index (χ3v) is 4.41. The molecule has 4 nitrogen and oxygen atoms in total. The summed E-state index contributed by atoms with van der Waals surface area (Å²) in [6, 6.07) is 7.81. The number of hydrogen-bond donors (Lipinski definition) is 1. The second kappa shape index (κ2) is 7.93. The van der Waals surface area contributed by atoms with Crippen LogP contribution in [0.15, 0.2) is 24.3 Å². The third-order valence-electron chi connectivity index (χ3n) is 4.41. The Labute approximate surface area is 139 Å². The van der Waals surface area contributed by atoms with E-state index >= 15 is 0 Å². The van der Waals surface area contributed by atoms with Gasteiger partial charge < -0.3 is 14.7 Å². The van der Waals surface area contributed by atoms with E-state index in [0.717, 1.165) is 50.1 Å². The lowest BCUT2D eigenvalue weighted by Gasteiger charge is -2.32. The zero-order chi connectivity index (χ0) is 16.9. The second-order valence-electron chi connectivity index (χ2n) is 7.23. The van der Waals surface area contributed by atoms with Gasteiger partial charge in [0.25, 0.3) is 5.91 Å². The highest BCUT2D eigenvalue weighted by molar-refractivity contribution is 5.94. The average Bonchev–Trinajstić information content (AvgIpc) is 2.52. The highest BCUT2D eigenvalue weighted by Crippen LogP contribution is 2.20. The molecule has 0 aromatic heterocycles. The SMILES string of the molecule is COCC1CCCN(C(=O)c2cccc(CCC(C)(C)O)c2)C1. The number of rotatable bonds is 6. The Balaban J connectivity index is 2.01. The highest BCUT2D eigenvalue weighted by atomic mass is 16.5. The molecule has 2 rings (SSSR count). The van der Waals surface area contributed by atoms with E-state index in [4.69, 9.17) is 4.74 Å². The van der Waals surface area contributed by atoms with Crippen molar-refractivity contribution in [3.05, 3.63) is 35.4 Å². The normalized spacial score (nSPS) is 19.0. The van der Waals surface area contributed by atoms with E-state index in [1.807, 2.05) is 43.0 Å². The summed E-state index contributed by atoms with van der Waals surface area (Å²) < 4.78 is 5.24. The molecule has 0 aliphatic carbocycles. The summed E-state index contributed by atoms with van der Waals surface area (Å²) in [7, 11) is 1.72. The molecule has 1 aromatic rings. The first kappa shape index (κ1) is 18.0. The van der Waals surface area contributed by atoms with Crippen LogP contribution in [0.1, 0.15) is 49.0 Å². The van der Waals surface area contributed by atoms with E-state index < -0.39 is 5.60 Å². The minimum absolute atomic E-state index is 0.107. The molecule has 1 atom stereocenters. The van der Waals surface area contributed by atoms with Crippen molar-refractivity contribution in [2.75, 3.05) is 26.8 Å². The molecule has 1 aliphatic rings. The first-order valence-corrected chi connectivity index (χ1v) is 8.48. The zero-order valence-corrected chi connectivity index (χ0v) is 14.5. The molecule has 1 amide bonds. The molecule has 1 unspecified atom stereocenters. The van der Waals surface area contributed by atoms with Crippen LogP contribution in [-0.2, 0) is 11.2 Å². The van der Waals surface area contributed by atoms with Crippen LogP contribution in [0.4, 0.5) is 0 Å². The van der Waals surface area contributed by atoms with Gasteiger partial charge in [-0.05, 0) is 63.1 Å². The summed E-state index contributed by atoms with van der Waals surface area (Å²) in [5, 5.41) is 9.85. The highest BCUT2D eigenvalue weighted by Gasteiger charge is 2.24. The number of amides is 1. The summed E-state index contributed by atoms with van der Waals surface area (Å²) >= 11 is 0. The summed E-state index contributed by atoms with van der Waals surface area (Å²) in [5.74, 6) is 0.548. The van der Waals surface area contributed by atoms with E-state index in [1.165, 1.54) is 0 Å². The molecular weight excluding hydrogens is 290 g/mol. The van der Waals surface area contributed by atoms with Gasteiger partial charge >= 0.3 is 0 Å². The van der Waals surface area contributed by atoms with E-state index in [2.05, 4.69) is 0 Å². The number of methoxy groups -OCH3 is 1. The van der Waals surface area contributed by atoms with Crippen LogP contribution in [0, 0.1) is 5.92 Å². The maximum atomic E-state index is 12.7. The number of ether oxygens (including phenoxy) is 1. The molecule has 0 spiro atoms. The summed E-state index contributed by atoms with van der Waals surface area (Å²) in [5.41, 5.74) is 1.17. The molecule has 1 fully saturated rings. The second-order valence-corrected chi connectivity index (χ2v) is 7.23. The molecule has 1 N–H and O–H groups in total. The smallest absolute Gasteiger partial charge is 0.253 e. The number of carbonyl (C=O) groups is 1. The predicted octanol–water partition coefficient (Wildman–Crippen LogP) is 2.89. The fourth-order valence-electron chi connectivity index (χ4n) is 3.11. The molecule has 23 heavy (non-hydrogen) atoms. The topological polar surface area (TPSA) is 49.8 Å². The molecule has 1 saturated heterocycles. The van der Waals surface area contributed by atoms with E-state index in [1.54, 1.807) is 7.11 Å². The Morgan fingerprint density at radius 1 is 1.43 bits per heavy atom. The number of aliphatic hydroxyl groups is 1. The molecule has 1 aliphatic heterocycles. The van der Waals surface area contributed by atoms with Gasteiger partial charge in [-0.1, -0.05) is 12.1 Å². The van der Waals surface area contributed by atoms with Crippen molar-refractivity contribution >= 4 is 5.91 Å². The van der Waals surface area contributed by atoms with Gasteiger partial charge in [0.2, 0.25) is 0 Å². The lowest BCUT2D eigenvalue weighted by molar-refractivity contribution is 0.0571.